The van der Waals surface area contributed by atoms with Crippen LogP contribution in [0.15, 0.2) is 18.2 Å². The van der Waals surface area contributed by atoms with Crippen LogP contribution in [0.2, 0.25) is 5.02 Å². The van der Waals surface area contributed by atoms with Gasteiger partial charge in [0.25, 0.3) is 0 Å². The van der Waals surface area contributed by atoms with Gasteiger partial charge in [-0.3, -0.25) is 10.1 Å². The van der Waals surface area contributed by atoms with Gasteiger partial charge in [0.05, 0.1) is 18.1 Å². The molecule has 2 rings (SSSR count). The molecule has 1 heterocycles. The zero-order chi connectivity index (χ0) is 13.0. The molecule has 0 aromatic heterocycles. The number of nitro benzene ring substituents is 1. The Bertz CT molecular complexity index is 436. The Morgan fingerprint density at radius 3 is 3.11 bits per heavy atom. The van der Waals surface area contributed by atoms with Crippen LogP contribution in [0.3, 0.4) is 0 Å². The molecule has 6 nitrogen and oxygen atoms in total. The average Bonchev–Trinajstić information content (AvgIpc) is 2.37. The standard InChI is InChI=1S/C11H14ClN3O3/c12-9-2-1-3-10(11(9)15(16)17)14-6-8-7-18-5-4-13-8/h1-3,8,13-14H,4-7H2. The van der Waals surface area contributed by atoms with E-state index in [2.05, 4.69) is 10.6 Å². The van der Waals surface area contributed by atoms with E-state index in [-0.39, 0.29) is 16.8 Å². The number of hydrogen-bond acceptors (Lipinski definition) is 5. The number of rotatable bonds is 4. The fourth-order valence-corrected chi connectivity index (χ4v) is 2.07. The highest BCUT2D eigenvalue weighted by molar-refractivity contribution is 6.33. The van der Waals surface area contributed by atoms with Gasteiger partial charge < -0.3 is 15.4 Å². The summed E-state index contributed by atoms with van der Waals surface area (Å²) >= 11 is 5.82. The lowest BCUT2D eigenvalue weighted by atomic mass is 10.2. The van der Waals surface area contributed by atoms with Crippen molar-refractivity contribution in [2.24, 2.45) is 0 Å². The van der Waals surface area contributed by atoms with E-state index in [1.54, 1.807) is 12.1 Å². The summed E-state index contributed by atoms with van der Waals surface area (Å²) in [7, 11) is 0. The second-order valence-corrected chi connectivity index (χ2v) is 4.41. The number of ether oxygens (including phenoxy) is 1. The van der Waals surface area contributed by atoms with E-state index in [9.17, 15) is 10.1 Å². The number of nitro groups is 1. The second-order valence-electron chi connectivity index (χ2n) is 4.00. The quantitative estimate of drug-likeness (QED) is 0.643. The minimum absolute atomic E-state index is 0.0871. The summed E-state index contributed by atoms with van der Waals surface area (Å²) in [4.78, 5) is 10.5. The third-order valence-corrected chi connectivity index (χ3v) is 3.01. The second kappa shape index (κ2) is 5.99. The first-order valence-electron chi connectivity index (χ1n) is 5.66. The van der Waals surface area contributed by atoms with Crippen LogP contribution in [0, 0.1) is 10.1 Å². The van der Waals surface area contributed by atoms with E-state index in [4.69, 9.17) is 16.3 Å². The summed E-state index contributed by atoms with van der Waals surface area (Å²) < 4.78 is 5.31. The van der Waals surface area contributed by atoms with Crippen LogP contribution >= 0.6 is 11.6 Å². The van der Waals surface area contributed by atoms with Crippen molar-refractivity contribution in [1.82, 2.24) is 5.32 Å². The van der Waals surface area contributed by atoms with Crippen LogP contribution in [-0.2, 0) is 4.74 Å². The van der Waals surface area contributed by atoms with Crippen molar-refractivity contribution in [1.29, 1.82) is 0 Å². The molecule has 0 aliphatic carbocycles. The molecule has 2 N–H and O–H groups in total. The lowest BCUT2D eigenvalue weighted by molar-refractivity contribution is -0.383. The molecule has 1 aromatic carbocycles. The van der Waals surface area contributed by atoms with E-state index in [1.165, 1.54) is 6.07 Å². The van der Waals surface area contributed by atoms with E-state index in [0.29, 0.717) is 25.4 Å². The Kier molecular flexibility index (Phi) is 4.35. The predicted molar refractivity (Wildman–Crippen MR) is 69.2 cm³/mol. The Labute approximate surface area is 109 Å². The fraction of sp³-hybridized carbons (Fsp3) is 0.455. The molecule has 1 aliphatic heterocycles. The Balaban J connectivity index is 2.04. The fourth-order valence-electron chi connectivity index (χ4n) is 1.83. The summed E-state index contributed by atoms with van der Waals surface area (Å²) in [5.41, 5.74) is 0.343. The number of benzene rings is 1. The van der Waals surface area contributed by atoms with Crippen molar-refractivity contribution in [3.8, 4) is 0 Å². The highest BCUT2D eigenvalue weighted by Gasteiger charge is 2.19. The maximum absolute atomic E-state index is 10.9. The monoisotopic (exact) mass is 271 g/mol. The van der Waals surface area contributed by atoms with E-state index in [0.717, 1.165) is 6.54 Å². The zero-order valence-electron chi connectivity index (χ0n) is 9.69. The molecule has 18 heavy (non-hydrogen) atoms. The molecule has 0 amide bonds. The van der Waals surface area contributed by atoms with Gasteiger partial charge in [0.2, 0.25) is 0 Å². The zero-order valence-corrected chi connectivity index (χ0v) is 10.4. The van der Waals surface area contributed by atoms with Gasteiger partial charge in [-0.2, -0.15) is 0 Å². The number of nitrogens with one attached hydrogen (secondary N) is 2. The first-order valence-corrected chi connectivity index (χ1v) is 6.04. The third-order valence-electron chi connectivity index (χ3n) is 2.71. The molecule has 0 radical (unpaired) electrons. The van der Waals surface area contributed by atoms with Crippen molar-refractivity contribution >= 4 is 23.0 Å². The van der Waals surface area contributed by atoms with Gasteiger partial charge >= 0.3 is 5.69 Å². The number of morpholine rings is 1. The van der Waals surface area contributed by atoms with Gasteiger partial charge in [0.15, 0.2) is 0 Å². The van der Waals surface area contributed by atoms with Gasteiger partial charge in [-0.1, -0.05) is 17.7 Å². The van der Waals surface area contributed by atoms with Crippen LogP contribution in [0.4, 0.5) is 11.4 Å². The summed E-state index contributed by atoms with van der Waals surface area (Å²) in [5.74, 6) is 0. The molecular formula is C11H14ClN3O3. The summed E-state index contributed by atoms with van der Waals surface area (Å²) in [6, 6.07) is 4.99. The van der Waals surface area contributed by atoms with Gasteiger partial charge in [-0.15, -0.1) is 0 Å². The predicted octanol–water partition coefficient (Wildman–Crippen LogP) is 1.65. The SMILES string of the molecule is O=[N+]([O-])c1c(Cl)cccc1NCC1COCCN1. The van der Waals surface area contributed by atoms with Crippen LogP contribution < -0.4 is 10.6 Å². The Morgan fingerprint density at radius 2 is 2.44 bits per heavy atom. The van der Waals surface area contributed by atoms with Crippen LogP contribution in [0.5, 0.6) is 0 Å². The Hall–Kier alpha value is -1.37. The van der Waals surface area contributed by atoms with Gasteiger partial charge in [-0.05, 0) is 12.1 Å². The number of hydrogen-bond donors (Lipinski definition) is 2. The first-order chi connectivity index (χ1) is 8.68. The summed E-state index contributed by atoms with van der Waals surface area (Å²) in [6.45, 7) is 2.65. The van der Waals surface area contributed by atoms with Crippen molar-refractivity contribution in [3.63, 3.8) is 0 Å². The van der Waals surface area contributed by atoms with Crippen LogP contribution in [-0.4, -0.2) is 37.3 Å². The molecule has 98 valence electrons. The smallest absolute Gasteiger partial charge is 0.310 e. The van der Waals surface area contributed by atoms with E-state index in [1.807, 2.05) is 0 Å². The normalized spacial score (nSPS) is 19.5. The molecule has 1 saturated heterocycles. The highest BCUT2D eigenvalue weighted by atomic mass is 35.5. The van der Waals surface area contributed by atoms with Gasteiger partial charge in [0, 0.05) is 19.1 Å². The minimum Gasteiger partial charge on any atom is -0.378 e. The lowest BCUT2D eigenvalue weighted by Crippen LogP contribution is -2.45. The molecule has 1 aromatic rings. The number of anilines is 1. The maximum atomic E-state index is 10.9. The van der Waals surface area contributed by atoms with Crippen molar-refractivity contribution < 1.29 is 9.66 Å². The van der Waals surface area contributed by atoms with E-state index >= 15 is 0 Å². The molecule has 7 heteroatoms. The molecule has 0 bridgehead atoms. The molecule has 1 atom stereocenters. The number of halogens is 1. The van der Waals surface area contributed by atoms with Crippen molar-refractivity contribution in [3.05, 3.63) is 33.3 Å². The van der Waals surface area contributed by atoms with Crippen LogP contribution in [0.25, 0.3) is 0 Å². The molecule has 1 fully saturated rings. The minimum atomic E-state index is -0.477. The van der Waals surface area contributed by atoms with E-state index < -0.39 is 4.92 Å². The van der Waals surface area contributed by atoms with Crippen LogP contribution in [0.1, 0.15) is 0 Å². The van der Waals surface area contributed by atoms with Gasteiger partial charge in [-0.25, -0.2) is 0 Å². The van der Waals surface area contributed by atoms with Gasteiger partial charge in [0.1, 0.15) is 10.7 Å². The third kappa shape index (κ3) is 3.10. The molecule has 1 unspecified atom stereocenters. The van der Waals surface area contributed by atoms with Crippen molar-refractivity contribution in [2.75, 3.05) is 31.6 Å². The summed E-state index contributed by atoms with van der Waals surface area (Å²) in [5, 5.41) is 17.4. The number of nitrogens with zero attached hydrogens (tertiary/aromatic N) is 1. The maximum Gasteiger partial charge on any atom is 0.310 e. The average molecular weight is 272 g/mol. The molecule has 0 saturated carbocycles. The highest BCUT2D eigenvalue weighted by Crippen LogP contribution is 2.32. The Morgan fingerprint density at radius 1 is 1.61 bits per heavy atom. The molecule has 0 spiro atoms. The topological polar surface area (TPSA) is 76.4 Å². The molecule has 1 aliphatic rings. The number of para-hydroxylation sites is 1. The first kappa shape index (κ1) is 13.1. The largest absolute Gasteiger partial charge is 0.378 e. The molecular weight excluding hydrogens is 258 g/mol. The lowest BCUT2D eigenvalue weighted by Gasteiger charge is -2.24. The summed E-state index contributed by atoms with van der Waals surface area (Å²) in [6.07, 6.45) is 0. The van der Waals surface area contributed by atoms with Crippen molar-refractivity contribution in [2.45, 2.75) is 6.04 Å².